The van der Waals surface area contributed by atoms with E-state index in [1.807, 2.05) is 48.4 Å². The summed E-state index contributed by atoms with van der Waals surface area (Å²) in [6.45, 7) is 2.99. The monoisotopic (exact) mass is 458 g/mol. The number of quaternary nitrogens is 2. The van der Waals surface area contributed by atoms with Crippen LogP contribution in [-0.2, 0) is 23.9 Å². The Hall–Kier alpha value is -1.93. The first kappa shape index (κ1) is 30.1. The highest BCUT2D eigenvalue weighted by Gasteiger charge is 2.29. The van der Waals surface area contributed by atoms with Gasteiger partial charge in [0.05, 0.1) is 55.1 Å². The quantitative estimate of drug-likeness (QED) is 0.156. The van der Waals surface area contributed by atoms with Crippen LogP contribution in [0.2, 0.25) is 0 Å². The van der Waals surface area contributed by atoms with Crippen molar-refractivity contribution in [1.82, 2.24) is 0 Å². The van der Waals surface area contributed by atoms with E-state index in [1.165, 1.54) is 12.8 Å². The Balaban J connectivity index is 4.84. The minimum Gasteiger partial charge on any atom is -0.481 e. The molecule has 0 spiro atoms. The number of esters is 2. The van der Waals surface area contributed by atoms with Crippen LogP contribution in [0.15, 0.2) is 12.2 Å². The maximum atomic E-state index is 12.6. The van der Waals surface area contributed by atoms with Crippen molar-refractivity contribution in [3.05, 3.63) is 12.2 Å². The average Bonchev–Trinajstić information content (AvgIpc) is 2.57. The first-order valence-electron chi connectivity index (χ1n) is 11.6. The Morgan fingerprint density at radius 2 is 1.28 bits per heavy atom. The predicted octanol–water partition coefficient (Wildman–Crippen LogP) is 3.00. The van der Waals surface area contributed by atoms with Gasteiger partial charge in [-0.2, -0.15) is 0 Å². The molecule has 0 amide bonds. The molecule has 8 nitrogen and oxygen atoms in total. The Morgan fingerprint density at radius 1 is 0.781 bits per heavy atom. The van der Waals surface area contributed by atoms with Crippen molar-refractivity contribution >= 4 is 17.9 Å². The SMILES string of the molecule is CCCCC/C=C/CCC(=O)OC(CC(=O)OC(CC(=O)O)C[N+](C)(C)C)C[N+](C)(C)C. The van der Waals surface area contributed by atoms with Crippen molar-refractivity contribution in [2.75, 3.05) is 55.4 Å². The Kier molecular flexibility index (Phi) is 14.1. The highest BCUT2D eigenvalue weighted by Crippen LogP contribution is 2.12. The molecule has 0 aromatic carbocycles. The van der Waals surface area contributed by atoms with Gasteiger partial charge in [-0.05, 0) is 19.3 Å². The summed E-state index contributed by atoms with van der Waals surface area (Å²) in [5.74, 6) is -1.91. The van der Waals surface area contributed by atoms with Crippen molar-refractivity contribution in [2.45, 2.75) is 70.5 Å². The van der Waals surface area contributed by atoms with Gasteiger partial charge in [0.1, 0.15) is 13.1 Å². The van der Waals surface area contributed by atoms with Crippen LogP contribution in [0.3, 0.4) is 0 Å². The second-order valence-electron chi connectivity index (χ2n) is 10.5. The zero-order valence-corrected chi connectivity index (χ0v) is 21.3. The molecule has 0 aliphatic rings. The van der Waals surface area contributed by atoms with Gasteiger partial charge in [-0.15, -0.1) is 0 Å². The molecule has 0 rings (SSSR count). The van der Waals surface area contributed by atoms with Crippen LogP contribution in [0.25, 0.3) is 0 Å². The van der Waals surface area contributed by atoms with Gasteiger partial charge in [0.15, 0.2) is 12.2 Å². The number of ether oxygens (including phenoxy) is 2. The number of hydrogen-bond donors (Lipinski definition) is 1. The number of carbonyl (C=O) groups is 3. The molecular weight excluding hydrogens is 412 g/mol. The summed E-state index contributed by atoms with van der Waals surface area (Å²) in [5.41, 5.74) is 0. The van der Waals surface area contributed by atoms with E-state index in [0.29, 0.717) is 28.5 Å². The molecule has 0 heterocycles. The summed E-state index contributed by atoms with van der Waals surface area (Å²) in [6.07, 6.45) is 7.81. The Labute approximate surface area is 194 Å². The van der Waals surface area contributed by atoms with E-state index in [-0.39, 0.29) is 25.2 Å². The number of carbonyl (C=O) groups excluding carboxylic acids is 2. The lowest BCUT2D eigenvalue weighted by Crippen LogP contribution is -2.45. The molecule has 0 aromatic heterocycles. The van der Waals surface area contributed by atoms with Crippen molar-refractivity contribution in [2.24, 2.45) is 0 Å². The third-order valence-corrected chi connectivity index (χ3v) is 4.55. The van der Waals surface area contributed by atoms with Crippen LogP contribution in [0.1, 0.15) is 58.3 Å². The molecule has 0 bridgehead atoms. The third kappa shape index (κ3) is 18.8. The highest BCUT2D eigenvalue weighted by molar-refractivity contribution is 5.73. The van der Waals surface area contributed by atoms with E-state index in [0.717, 1.165) is 12.8 Å². The topological polar surface area (TPSA) is 89.9 Å². The summed E-state index contributed by atoms with van der Waals surface area (Å²) < 4.78 is 12.0. The van der Waals surface area contributed by atoms with Gasteiger partial charge >= 0.3 is 17.9 Å². The maximum absolute atomic E-state index is 12.6. The van der Waals surface area contributed by atoms with Crippen molar-refractivity contribution in [3.63, 3.8) is 0 Å². The lowest BCUT2D eigenvalue weighted by Gasteiger charge is -2.30. The summed E-state index contributed by atoms with van der Waals surface area (Å²) in [6, 6.07) is 0. The number of rotatable bonds is 17. The van der Waals surface area contributed by atoms with Crippen molar-refractivity contribution < 1.29 is 37.9 Å². The second kappa shape index (κ2) is 15.0. The molecule has 0 aliphatic heterocycles. The summed E-state index contributed by atoms with van der Waals surface area (Å²) in [4.78, 5) is 36.0. The van der Waals surface area contributed by atoms with Crippen molar-refractivity contribution in [1.29, 1.82) is 0 Å². The minimum atomic E-state index is -1.02. The van der Waals surface area contributed by atoms with Crippen LogP contribution in [0.4, 0.5) is 0 Å². The maximum Gasteiger partial charge on any atom is 0.310 e. The Bertz CT molecular complexity index is 605. The van der Waals surface area contributed by atoms with Gasteiger partial charge < -0.3 is 23.5 Å². The molecule has 0 aliphatic carbocycles. The fourth-order valence-electron chi connectivity index (χ4n) is 3.32. The van der Waals surface area contributed by atoms with Gasteiger partial charge in [-0.25, -0.2) is 0 Å². The smallest absolute Gasteiger partial charge is 0.310 e. The van der Waals surface area contributed by atoms with Gasteiger partial charge in [0.2, 0.25) is 0 Å². The van der Waals surface area contributed by atoms with Gasteiger partial charge in [0, 0.05) is 6.42 Å². The standard InChI is InChI=1S/C24H45N2O6/c1-8-9-10-11-12-13-14-15-23(29)31-21(19-26(5,6)7)17-24(30)32-20(16-22(27)28)18-25(2,3)4/h12-13,20-21H,8-11,14-19H2,1-7H3/q+1/p+1/b13-12+. The summed E-state index contributed by atoms with van der Waals surface area (Å²) >= 11 is 0. The van der Waals surface area contributed by atoms with Crippen LogP contribution >= 0.6 is 0 Å². The lowest BCUT2D eigenvalue weighted by atomic mass is 10.2. The third-order valence-electron chi connectivity index (χ3n) is 4.55. The molecule has 2 atom stereocenters. The number of hydrogen-bond acceptors (Lipinski definition) is 5. The molecule has 2 unspecified atom stereocenters. The van der Waals surface area contributed by atoms with Crippen LogP contribution < -0.4 is 0 Å². The van der Waals surface area contributed by atoms with Gasteiger partial charge in [-0.1, -0.05) is 31.9 Å². The largest absolute Gasteiger partial charge is 0.481 e. The van der Waals surface area contributed by atoms with E-state index < -0.39 is 24.1 Å². The molecule has 1 N–H and O–H groups in total. The summed E-state index contributed by atoms with van der Waals surface area (Å²) in [5, 5.41) is 9.13. The van der Waals surface area contributed by atoms with Crippen LogP contribution in [-0.4, -0.2) is 99.6 Å². The second-order valence-corrected chi connectivity index (χ2v) is 10.5. The number of carboxylic acids is 1. The van der Waals surface area contributed by atoms with E-state index in [1.54, 1.807) is 0 Å². The molecule has 0 saturated heterocycles. The zero-order valence-electron chi connectivity index (χ0n) is 21.3. The first-order chi connectivity index (χ1) is 14.7. The molecule has 0 saturated carbocycles. The lowest BCUT2D eigenvalue weighted by molar-refractivity contribution is -0.873. The first-order valence-corrected chi connectivity index (χ1v) is 11.6. The highest BCUT2D eigenvalue weighted by atomic mass is 16.6. The van der Waals surface area contributed by atoms with E-state index >= 15 is 0 Å². The molecule has 0 fully saturated rings. The number of nitrogens with zero attached hydrogens (tertiary/aromatic N) is 2. The van der Waals surface area contributed by atoms with E-state index in [2.05, 4.69) is 13.0 Å². The fraction of sp³-hybridized carbons (Fsp3) is 0.792. The van der Waals surface area contributed by atoms with Crippen LogP contribution in [0.5, 0.6) is 0 Å². The molecule has 0 aromatic rings. The summed E-state index contributed by atoms with van der Waals surface area (Å²) in [7, 11) is 11.6. The molecule has 0 radical (unpaired) electrons. The molecule has 32 heavy (non-hydrogen) atoms. The molecule has 186 valence electrons. The zero-order chi connectivity index (χ0) is 24.8. The van der Waals surface area contributed by atoms with Gasteiger partial charge in [-0.3, -0.25) is 14.4 Å². The number of unbranched alkanes of at least 4 members (excludes halogenated alkanes) is 3. The number of carboxylic acid groups (broad SMARTS) is 1. The number of aliphatic carboxylic acids is 1. The Morgan fingerprint density at radius 3 is 1.78 bits per heavy atom. The van der Waals surface area contributed by atoms with Gasteiger partial charge in [0.25, 0.3) is 0 Å². The molecule has 8 heteroatoms. The minimum absolute atomic E-state index is 0.0959. The van der Waals surface area contributed by atoms with Crippen LogP contribution in [0, 0.1) is 0 Å². The number of likely N-dealkylation sites (N-methyl/N-ethyl adjacent to an activating group) is 2. The molecular formula is C24H46N2O6+2. The number of allylic oxidation sites excluding steroid dienone is 2. The van der Waals surface area contributed by atoms with E-state index in [9.17, 15) is 14.4 Å². The van der Waals surface area contributed by atoms with Crippen molar-refractivity contribution in [3.8, 4) is 0 Å². The fourth-order valence-corrected chi connectivity index (χ4v) is 3.32. The normalized spacial score (nSPS) is 14.2. The van der Waals surface area contributed by atoms with E-state index in [4.69, 9.17) is 14.6 Å². The average molecular weight is 459 g/mol. The predicted molar refractivity (Wildman–Crippen MR) is 125 cm³/mol.